The molecule has 0 saturated carbocycles. The van der Waals surface area contributed by atoms with Crippen molar-refractivity contribution < 1.29 is 9.59 Å². The van der Waals surface area contributed by atoms with Crippen LogP contribution in [0.5, 0.6) is 0 Å². The van der Waals surface area contributed by atoms with Crippen molar-refractivity contribution in [1.29, 1.82) is 0 Å². The highest BCUT2D eigenvalue weighted by molar-refractivity contribution is 9.10. The molecule has 0 aliphatic rings. The third-order valence-corrected chi connectivity index (χ3v) is 4.72. The summed E-state index contributed by atoms with van der Waals surface area (Å²) in [7, 11) is 0. The monoisotopic (exact) mass is 416 g/mol. The molecule has 2 aromatic carbocycles. The van der Waals surface area contributed by atoms with Crippen LogP contribution in [0.2, 0.25) is 0 Å². The first-order valence-corrected chi connectivity index (χ1v) is 9.66. The quantitative estimate of drug-likeness (QED) is 0.708. The maximum absolute atomic E-state index is 12.9. The van der Waals surface area contributed by atoms with Gasteiger partial charge in [0.2, 0.25) is 11.8 Å². The normalized spacial score (nSPS) is 11.7. The second-order valence-electron chi connectivity index (χ2n) is 6.21. The van der Waals surface area contributed by atoms with E-state index in [1.807, 2.05) is 61.5 Å². The highest BCUT2D eigenvalue weighted by Gasteiger charge is 2.25. The smallest absolute Gasteiger partial charge is 0.242 e. The number of carbonyl (C=O) groups excluding carboxylic acids is 2. The van der Waals surface area contributed by atoms with E-state index in [0.29, 0.717) is 25.9 Å². The van der Waals surface area contributed by atoms with E-state index in [1.165, 1.54) is 0 Å². The van der Waals surface area contributed by atoms with Crippen LogP contribution in [0, 0.1) is 0 Å². The number of benzene rings is 2. The van der Waals surface area contributed by atoms with E-state index in [4.69, 9.17) is 0 Å². The Hall–Kier alpha value is -2.14. The number of nitrogens with one attached hydrogen (secondary N) is 1. The number of amides is 2. The largest absolute Gasteiger partial charge is 0.355 e. The van der Waals surface area contributed by atoms with E-state index >= 15 is 0 Å². The van der Waals surface area contributed by atoms with Gasteiger partial charge in [-0.05, 0) is 43.5 Å². The van der Waals surface area contributed by atoms with Gasteiger partial charge in [0, 0.05) is 24.0 Å². The molecule has 5 heteroatoms. The number of carbonyl (C=O) groups is 2. The van der Waals surface area contributed by atoms with Crippen LogP contribution in [0.1, 0.15) is 31.4 Å². The molecule has 2 aromatic rings. The van der Waals surface area contributed by atoms with Gasteiger partial charge in [0.05, 0.1) is 0 Å². The minimum Gasteiger partial charge on any atom is -0.355 e. The first-order chi connectivity index (χ1) is 12.5. The number of hydrogen-bond donors (Lipinski definition) is 1. The molecule has 0 saturated heterocycles. The molecule has 1 atom stereocenters. The second kappa shape index (κ2) is 10.1. The summed E-state index contributed by atoms with van der Waals surface area (Å²) in [6.45, 7) is 4.61. The highest BCUT2D eigenvalue weighted by atomic mass is 79.9. The Morgan fingerprint density at radius 3 is 2.42 bits per heavy atom. The molecule has 2 rings (SSSR count). The fourth-order valence-corrected chi connectivity index (χ4v) is 3.22. The molecular weight excluding hydrogens is 392 g/mol. The van der Waals surface area contributed by atoms with Crippen molar-refractivity contribution in [3.05, 3.63) is 70.2 Å². The highest BCUT2D eigenvalue weighted by Crippen LogP contribution is 2.16. The van der Waals surface area contributed by atoms with Crippen LogP contribution in [0.4, 0.5) is 0 Å². The number of likely N-dealkylation sites (N-methyl/N-ethyl adjacent to an activating group) is 1. The Morgan fingerprint density at radius 1 is 1.08 bits per heavy atom. The summed E-state index contributed by atoms with van der Waals surface area (Å²) < 4.78 is 0.956. The fraction of sp³-hybridized carbons (Fsp3) is 0.333. The van der Waals surface area contributed by atoms with E-state index in [9.17, 15) is 9.59 Å². The third kappa shape index (κ3) is 5.99. The Bertz CT molecular complexity index is 734. The lowest BCUT2D eigenvalue weighted by molar-refractivity contribution is -0.140. The summed E-state index contributed by atoms with van der Waals surface area (Å²) in [5.41, 5.74) is 2.11. The summed E-state index contributed by atoms with van der Waals surface area (Å²) in [5, 5.41) is 2.81. The molecule has 0 aliphatic carbocycles. The molecular formula is C21H25BrN2O2. The van der Waals surface area contributed by atoms with E-state index in [-0.39, 0.29) is 11.8 Å². The van der Waals surface area contributed by atoms with Gasteiger partial charge in [-0.25, -0.2) is 0 Å². The molecule has 2 amide bonds. The fourth-order valence-electron chi connectivity index (χ4n) is 2.78. The van der Waals surface area contributed by atoms with Crippen LogP contribution >= 0.6 is 15.9 Å². The molecule has 0 aromatic heterocycles. The average Bonchev–Trinajstić information content (AvgIpc) is 2.64. The Labute approximate surface area is 163 Å². The Morgan fingerprint density at radius 2 is 1.77 bits per heavy atom. The topological polar surface area (TPSA) is 49.4 Å². The first kappa shape index (κ1) is 20.2. The van der Waals surface area contributed by atoms with Crippen molar-refractivity contribution in [3.63, 3.8) is 0 Å². The van der Waals surface area contributed by atoms with Crippen LogP contribution in [0.15, 0.2) is 59.1 Å². The molecule has 0 heterocycles. The minimum absolute atomic E-state index is 0.0208. The van der Waals surface area contributed by atoms with E-state index in [0.717, 1.165) is 15.6 Å². The second-order valence-corrected chi connectivity index (χ2v) is 7.12. The van der Waals surface area contributed by atoms with Crippen LogP contribution in [0.25, 0.3) is 0 Å². The zero-order valence-electron chi connectivity index (χ0n) is 15.2. The summed E-state index contributed by atoms with van der Waals surface area (Å²) in [6, 6.07) is 17.2. The van der Waals surface area contributed by atoms with Gasteiger partial charge < -0.3 is 10.2 Å². The average molecular weight is 417 g/mol. The van der Waals surface area contributed by atoms with Gasteiger partial charge in [-0.3, -0.25) is 9.59 Å². The van der Waals surface area contributed by atoms with Crippen LogP contribution in [-0.4, -0.2) is 29.3 Å². The molecule has 0 fully saturated rings. The molecule has 138 valence electrons. The number of rotatable bonds is 8. The lowest BCUT2D eigenvalue weighted by Gasteiger charge is -2.29. The van der Waals surface area contributed by atoms with Gasteiger partial charge in [-0.2, -0.15) is 0 Å². The molecule has 0 spiro atoms. The summed E-state index contributed by atoms with van der Waals surface area (Å²) >= 11 is 3.46. The first-order valence-electron chi connectivity index (χ1n) is 8.86. The summed E-state index contributed by atoms with van der Waals surface area (Å²) in [4.78, 5) is 26.9. The van der Waals surface area contributed by atoms with Gasteiger partial charge >= 0.3 is 0 Å². The zero-order chi connectivity index (χ0) is 18.9. The maximum atomic E-state index is 12.9. The summed E-state index contributed by atoms with van der Waals surface area (Å²) in [6.07, 6.45) is 1.04. The molecule has 0 aliphatic heterocycles. The standard InChI is InChI=1S/C21H25BrN2O2/c1-3-23-21(26)16(2)24(15-18-10-7-11-19(22)14-18)20(25)13-12-17-8-5-4-6-9-17/h4-11,14,16H,3,12-13,15H2,1-2H3,(H,23,26). The van der Waals surface area contributed by atoms with Crippen molar-refractivity contribution >= 4 is 27.7 Å². The number of hydrogen-bond acceptors (Lipinski definition) is 2. The van der Waals surface area contributed by atoms with Gasteiger partial charge in [0.15, 0.2) is 0 Å². The zero-order valence-corrected chi connectivity index (χ0v) is 16.8. The lowest BCUT2D eigenvalue weighted by atomic mass is 10.1. The molecule has 1 N–H and O–H groups in total. The molecule has 0 radical (unpaired) electrons. The van der Waals surface area contributed by atoms with E-state index in [1.54, 1.807) is 11.8 Å². The van der Waals surface area contributed by atoms with E-state index in [2.05, 4.69) is 21.2 Å². The van der Waals surface area contributed by atoms with E-state index < -0.39 is 6.04 Å². The van der Waals surface area contributed by atoms with Crippen molar-refractivity contribution in [3.8, 4) is 0 Å². The Kier molecular flexibility index (Phi) is 7.85. The SMILES string of the molecule is CCNC(=O)C(C)N(Cc1cccc(Br)c1)C(=O)CCc1ccccc1. The van der Waals surface area contributed by atoms with Crippen LogP contribution in [0.3, 0.4) is 0 Å². The molecule has 26 heavy (non-hydrogen) atoms. The minimum atomic E-state index is -0.516. The van der Waals surface area contributed by atoms with Gasteiger partial charge in [0.25, 0.3) is 0 Å². The van der Waals surface area contributed by atoms with Crippen LogP contribution < -0.4 is 5.32 Å². The Balaban J connectivity index is 2.12. The summed E-state index contributed by atoms with van der Waals surface area (Å²) in [5.74, 6) is -0.150. The van der Waals surface area contributed by atoms with Crippen molar-refractivity contribution in [2.75, 3.05) is 6.54 Å². The van der Waals surface area contributed by atoms with Gasteiger partial charge in [-0.15, -0.1) is 0 Å². The molecule has 4 nitrogen and oxygen atoms in total. The van der Waals surface area contributed by atoms with Gasteiger partial charge in [-0.1, -0.05) is 58.4 Å². The van der Waals surface area contributed by atoms with Crippen molar-refractivity contribution in [2.45, 2.75) is 39.3 Å². The number of halogens is 1. The van der Waals surface area contributed by atoms with Crippen LogP contribution in [-0.2, 0) is 22.6 Å². The maximum Gasteiger partial charge on any atom is 0.242 e. The van der Waals surface area contributed by atoms with Gasteiger partial charge in [0.1, 0.15) is 6.04 Å². The predicted molar refractivity (Wildman–Crippen MR) is 108 cm³/mol. The van der Waals surface area contributed by atoms with Crippen molar-refractivity contribution in [2.24, 2.45) is 0 Å². The number of aryl methyl sites for hydroxylation is 1. The lowest BCUT2D eigenvalue weighted by Crippen LogP contribution is -2.47. The van der Waals surface area contributed by atoms with Crippen molar-refractivity contribution in [1.82, 2.24) is 10.2 Å². The predicted octanol–water partition coefficient (Wildman–Crippen LogP) is 3.94. The molecule has 0 bridgehead atoms. The number of nitrogens with zero attached hydrogens (tertiary/aromatic N) is 1. The molecule has 1 unspecified atom stereocenters. The third-order valence-electron chi connectivity index (χ3n) is 4.23.